The van der Waals surface area contributed by atoms with Gasteiger partial charge in [-0.3, -0.25) is 4.79 Å². The molecule has 0 radical (unpaired) electrons. The van der Waals surface area contributed by atoms with Crippen LogP contribution in [0.5, 0.6) is 0 Å². The average Bonchev–Trinajstić information content (AvgIpc) is 2.70. The molecule has 0 saturated carbocycles. The van der Waals surface area contributed by atoms with Crippen molar-refractivity contribution in [3.05, 3.63) is 59.2 Å². The lowest BCUT2D eigenvalue weighted by molar-refractivity contribution is 0.0664. The van der Waals surface area contributed by atoms with Gasteiger partial charge < -0.3 is 14.7 Å². The molecular weight excluding hydrogens is 354 g/mol. The molecule has 142 valence electrons. The number of benzene rings is 2. The van der Waals surface area contributed by atoms with Crippen molar-refractivity contribution in [2.75, 3.05) is 50.4 Å². The third-order valence-corrected chi connectivity index (χ3v) is 6.49. The number of carbonyl (C=O) groups excluding carboxylic acids is 1. The van der Waals surface area contributed by atoms with Crippen molar-refractivity contribution in [2.24, 2.45) is 0 Å². The van der Waals surface area contributed by atoms with E-state index in [1.807, 2.05) is 22.7 Å². The first kappa shape index (κ1) is 18.4. The first-order valence-electron chi connectivity index (χ1n) is 9.65. The summed E-state index contributed by atoms with van der Waals surface area (Å²) in [5.41, 5.74) is 4.61. The Morgan fingerprint density at radius 3 is 2.48 bits per heavy atom. The predicted octanol–water partition coefficient (Wildman–Crippen LogP) is 3.49. The standard InChI is InChI=1S/C22H27N3OS/c1-17-3-5-18(6-4-17)16-25-13-14-27-21-8-7-19(15-20(21)25)22(26)24-11-9-23(2)10-12-24/h3-8,15H,9-14,16H2,1-2H3. The molecule has 1 amide bonds. The number of anilines is 1. The van der Waals surface area contributed by atoms with Gasteiger partial charge in [0.2, 0.25) is 0 Å². The summed E-state index contributed by atoms with van der Waals surface area (Å²) >= 11 is 1.89. The Morgan fingerprint density at radius 2 is 1.74 bits per heavy atom. The number of hydrogen-bond donors (Lipinski definition) is 0. The molecule has 2 heterocycles. The van der Waals surface area contributed by atoms with Gasteiger partial charge in [0.15, 0.2) is 0 Å². The van der Waals surface area contributed by atoms with E-state index in [1.165, 1.54) is 21.7 Å². The molecule has 1 fully saturated rings. The van der Waals surface area contributed by atoms with Crippen molar-refractivity contribution in [1.82, 2.24) is 9.80 Å². The van der Waals surface area contributed by atoms with E-state index in [-0.39, 0.29) is 5.91 Å². The number of hydrogen-bond acceptors (Lipinski definition) is 4. The average molecular weight is 382 g/mol. The minimum absolute atomic E-state index is 0.164. The summed E-state index contributed by atoms with van der Waals surface area (Å²) in [6, 6.07) is 15.0. The molecule has 2 aliphatic rings. The fourth-order valence-corrected chi connectivity index (χ4v) is 4.71. The van der Waals surface area contributed by atoms with E-state index in [4.69, 9.17) is 0 Å². The molecule has 4 rings (SSSR count). The van der Waals surface area contributed by atoms with E-state index in [0.29, 0.717) is 0 Å². The van der Waals surface area contributed by atoms with Gasteiger partial charge in [0.05, 0.1) is 5.69 Å². The molecule has 0 aromatic heterocycles. The molecule has 2 aromatic carbocycles. The predicted molar refractivity (Wildman–Crippen MR) is 113 cm³/mol. The topological polar surface area (TPSA) is 26.8 Å². The van der Waals surface area contributed by atoms with Gasteiger partial charge in [0.25, 0.3) is 5.91 Å². The SMILES string of the molecule is Cc1ccc(CN2CCSc3ccc(C(=O)N4CCN(C)CC4)cc32)cc1. The van der Waals surface area contributed by atoms with Gasteiger partial charge in [-0.25, -0.2) is 0 Å². The van der Waals surface area contributed by atoms with Gasteiger partial charge in [-0.2, -0.15) is 0 Å². The fourth-order valence-electron chi connectivity index (χ4n) is 3.68. The minimum atomic E-state index is 0.164. The molecular formula is C22H27N3OS. The monoisotopic (exact) mass is 381 g/mol. The summed E-state index contributed by atoms with van der Waals surface area (Å²) < 4.78 is 0. The van der Waals surface area contributed by atoms with E-state index >= 15 is 0 Å². The zero-order chi connectivity index (χ0) is 18.8. The number of fused-ring (bicyclic) bond motifs is 1. The number of piperazine rings is 1. The first-order valence-corrected chi connectivity index (χ1v) is 10.6. The molecule has 1 saturated heterocycles. The molecule has 27 heavy (non-hydrogen) atoms. The molecule has 0 bridgehead atoms. The maximum absolute atomic E-state index is 13.0. The van der Waals surface area contributed by atoms with Crippen LogP contribution in [-0.4, -0.2) is 61.2 Å². The maximum atomic E-state index is 13.0. The van der Waals surface area contributed by atoms with E-state index in [0.717, 1.165) is 50.6 Å². The number of aryl methyl sites for hydroxylation is 1. The highest BCUT2D eigenvalue weighted by molar-refractivity contribution is 7.99. The third-order valence-electron chi connectivity index (χ3n) is 5.45. The van der Waals surface area contributed by atoms with Crippen molar-refractivity contribution in [2.45, 2.75) is 18.4 Å². The molecule has 0 N–H and O–H groups in total. The Kier molecular flexibility index (Phi) is 5.41. The molecule has 4 nitrogen and oxygen atoms in total. The van der Waals surface area contributed by atoms with Crippen molar-refractivity contribution in [3.63, 3.8) is 0 Å². The third kappa shape index (κ3) is 4.14. The first-order chi connectivity index (χ1) is 13.1. The molecule has 0 unspecified atom stereocenters. The van der Waals surface area contributed by atoms with Crippen molar-refractivity contribution in [3.8, 4) is 0 Å². The smallest absolute Gasteiger partial charge is 0.254 e. The number of likely N-dealkylation sites (N-methyl/N-ethyl adjacent to an activating group) is 1. The summed E-state index contributed by atoms with van der Waals surface area (Å²) in [6.07, 6.45) is 0. The van der Waals surface area contributed by atoms with Crippen LogP contribution in [0.3, 0.4) is 0 Å². The number of carbonyl (C=O) groups is 1. The number of thioether (sulfide) groups is 1. The zero-order valence-electron chi connectivity index (χ0n) is 16.1. The van der Waals surface area contributed by atoms with Crippen molar-refractivity contribution in [1.29, 1.82) is 0 Å². The molecule has 0 aliphatic carbocycles. The molecule has 0 atom stereocenters. The highest BCUT2D eigenvalue weighted by Gasteiger charge is 2.23. The Labute approximate surface area is 166 Å². The van der Waals surface area contributed by atoms with Crippen LogP contribution in [0.4, 0.5) is 5.69 Å². The second-order valence-corrected chi connectivity index (χ2v) is 8.67. The number of rotatable bonds is 3. The van der Waals surface area contributed by atoms with Crippen LogP contribution in [0, 0.1) is 6.92 Å². The van der Waals surface area contributed by atoms with Crippen molar-refractivity contribution < 1.29 is 4.79 Å². The lowest BCUT2D eigenvalue weighted by atomic mass is 10.1. The molecule has 0 spiro atoms. The lowest BCUT2D eigenvalue weighted by Crippen LogP contribution is -2.47. The summed E-state index contributed by atoms with van der Waals surface area (Å²) in [4.78, 5) is 20.9. The summed E-state index contributed by atoms with van der Waals surface area (Å²) in [5.74, 6) is 1.25. The van der Waals surface area contributed by atoms with E-state index in [2.05, 4.69) is 60.2 Å². The van der Waals surface area contributed by atoms with E-state index in [9.17, 15) is 4.79 Å². The second kappa shape index (κ2) is 7.95. The van der Waals surface area contributed by atoms with Crippen LogP contribution >= 0.6 is 11.8 Å². The quantitative estimate of drug-likeness (QED) is 0.813. The van der Waals surface area contributed by atoms with Gasteiger partial charge in [-0.15, -0.1) is 11.8 Å². The van der Waals surface area contributed by atoms with Gasteiger partial charge in [0, 0.05) is 55.5 Å². The van der Waals surface area contributed by atoms with Crippen LogP contribution in [0.25, 0.3) is 0 Å². The van der Waals surface area contributed by atoms with E-state index < -0.39 is 0 Å². The van der Waals surface area contributed by atoms with Crippen LogP contribution in [0.15, 0.2) is 47.4 Å². The second-order valence-electron chi connectivity index (χ2n) is 7.53. The molecule has 2 aromatic rings. The van der Waals surface area contributed by atoms with Gasteiger partial charge in [-0.05, 0) is 37.7 Å². The highest BCUT2D eigenvalue weighted by atomic mass is 32.2. The Balaban J connectivity index is 1.55. The molecule has 5 heteroatoms. The largest absolute Gasteiger partial charge is 0.365 e. The van der Waals surface area contributed by atoms with Crippen LogP contribution in [0.1, 0.15) is 21.5 Å². The van der Waals surface area contributed by atoms with Crippen LogP contribution < -0.4 is 4.90 Å². The lowest BCUT2D eigenvalue weighted by Gasteiger charge is -2.34. The zero-order valence-corrected chi connectivity index (χ0v) is 17.0. The Morgan fingerprint density at radius 1 is 1.00 bits per heavy atom. The van der Waals surface area contributed by atoms with Gasteiger partial charge in [-0.1, -0.05) is 29.8 Å². The summed E-state index contributed by atoms with van der Waals surface area (Å²) in [6.45, 7) is 7.55. The van der Waals surface area contributed by atoms with Gasteiger partial charge in [0.1, 0.15) is 0 Å². The number of nitrogens with zero attached hydrogens (tertiary/aromatic N) is 3. The van der Waals surface area contributed by atoms with Crippen molar-refractivity contribution >= 4 is 23.4 Å². The van der Waals surface area contributed by atoms with Crippen LogP contribution in [-0.2, 0) is 6.54 Å². The molecule has 2 aliphatic heterocycles. The Hall–Kier alpha value is -1.98. The minimum Gasteiger partial charge on any atom is -0.365 e. The Bertz CT molecular complexity index is 813. The van der Waals surface area contributed by atoms with Gasteiger partial charge >= 0.3 is 0 Å². The number of amides is 1. The fraction of sp³-hybridized carbons (Fsp3) is 0.409. The normalized spacial score (nSPS) is 17.7. The summed E-state index contributed by atoms with van der Waals surface area (Å²) in [7, 11) is 2.11. The highest BCUT2D eigenvalue weighted by Crippen LogP contribution is 2.36. The maximum Gasteiger partial charge on any atom is 0.254 e. The summed E-state index contributed by atoms with van der Waals surface area (Å²) in [5, 5.41) is 0. The van der Waals surface area contributed by atoms with E-state index in [1.54, 1.807) is 0 Å². The van der Waals surface area contributed by atoms with Crippen LogP contribution in [0.2, 0.25) is 0 Å².